The van der Waals surface area contributed by atoms with E-state index in [2.05, 4.69) is 37.5 Å². The van der Waals surface area contributed by atoms with E-state index in [1.165, 1.54) is 229 Å². The van der Waals surface area contributed by atoms with E-state index < -0.39 is 24.4 Å². The van der Waals surface area contributed by atoms with Crippen LogP contribution in [0, 0.1) is 0 Å². The second-order valence-electron chi connectivity index (χ2n) is 23.9. The summed E-state index contributed by atoms with van der Waals surface area (Å²) in [5.41, 5.74) is 1.13. The molecule has 0 saturated heterocycles. The average Bonchev–Trinajstić information content (AvgIpc) is 3.42. The van der Waals surface area contributed by atoms with Gasteiger partial charge in [-0.25, -0.2) is 0 Å². The molecular weight excluding hydrogens is 1000 g/mol. The summed E-state index contributed by atoms with van der Waals surface area (Å²) in [4.78, 5) is 31.2. The molecule has 458 valence electrons. The van der Waals surface area contributed by atoms with Crippen molar-refractivity contribution in [3.05, 3.63) is 35.4 Å². The monoisotopic (exact) mass is 1130 g/mol. The van der Waals surface area contributed by atoms with Crippen molar-refractivity contribution in [1.82, 2.24) is 9.80 Å². The zero-order chi connectivity index (χ0) is 56.8. The first-order valence-corrected chi connectivity index (χ1v) is 35.7. The molecule has 8 nitrogen and oxygen atoms in total. The predicted molar refractivity (Wildman–Crippen MR) is 343 cm³/mol. The zero-order valence-corrected chi connectivity index (χ0v) is 53.3. The summed E-state index contributed by atoms with van der Waals surface area (Å²) in [6.07, 6.45) is 51.9. The number of nitrogens with zero attached hydrogens (tertiary/aromatic N) is 2. The topological polar surface area (TPSA) is 122 Å². The highest BCUT2D eigenvalue weighted by Crippen LogP contribution is 2.21. The Morgan fingerprint density at radius 1 is 0.321 bits per heavy atom. The molecule has 1 rings (SSSR count). The Morgan fingerprint density at radius 2 is 0.500 bits per heavy atom. The minimum atomic E-state index is -0.452. The van der Waals surface area contributed by atoms with Crippen LogP contribution in [0.3, 0.4) is 0 Å². The lowest BCUT2D eigenvalue weighted by Crippen LogP contribution is -2.39. The van der Waals surface area contributed by atoms with E-state index in [0.717, 1.165) is 77.0 Å². The molecule has 4 unspecified atom stereocenters. The molecule has 0 aromatic heterocycles. The Bertz CT molecular complexity index is 1270. The lowest BCUT2D eigenvalue weighted by atomic mass is 10.0. The van der Waals surface area contributed by atoms with Gasteiger partial charge in [-0.15, -0.1) is 0 Å². The molecule has 1 aromatic rings. The van der Waals surface area contributed by atoms with Crippen LogP contribution < -0.4 is 0 Å². The third kappa shape index (κ3) is 47.5. The summed E-state index contributed by atoms with van der Waals surface area (Å²) in [7, 11) is 0. The number of carbonyl (C=O) groups excluding carboxylic acids is 2. The first-order valence-electron chi connectivity index (χ1n) is 33.7. The van der Waals surface area contributed by atoms with Gasteiger partial charge in [0.05, 0.1) is 24.4 Å². The number of carbonyl (C=O) groups is 2. The van der Waals surface area contributed by atoms with Gasteiger partial charge in [0.1, 0.15) is 0 Å². The van der Waals surface area contributed by atoms with Gasteiger partial charge >= 0.3 is 0 Å². The number of hydrogen-bond acceptors (Lipinski definition) is 10. The second-order valence-corrected chi connectivity index (χ2v) is 26.0. The van der Waals surface area contributed by atoms with Crippen LogP contribution in [0.1, 0.15) is 331 Å². The molecule has 4 atom stereocenters. The Hall–Kier alpha value is -0.980. The van der Waals surface area contributed by atoms with Crippen LogP contribution in [0.4, 0.5) is 0 Å². The molecule has 0 amide bonds. The van der Waals surface area contributed by atoms with Gasteiger partial charge in [0.25, 0.3) is 0 Å². The van der Waals surface area contributed by atoms with Crippen LogP contribution in [0.15, 0.2) is 24.3 Å². The molecule has 0 heterocycles. The SMILES string of the molecule is CCCCCCCCCCCCC(O)CN(CCSC(=O)c1ccc(C(=O)SCCN(CC(O)CCCCCCCCCCCC)CC(O)CCCCCCCCCCCC)cc1)CC(O)CCCCCCCCCCCC. The minimum Gasteiger partial charge on any atom is -0.392 e. The average molecular weight is 1130 g/mol. The zero-order valence-electron chi connectivity index (χ0n) is 51.7. The molecule has 0 aliphatic heterocycles. The quantitative estimate of drug-likeness (QED) is 0.0469. The van der Waals surface area contributed by atoms with Crippen LogP contribution in [0.2, 0.25) is 0 Å². The number of rotatable bonds is 60. The molecule has 0 spiro atoms. The molecule has 0 aliphatic rings. The molecule has 4 N–H and O–H groups in total. The van der Waals surface area contributed by atoms with E-state index in [4.69, 9.17) is 0 Å². The van der Waals surface area contributed by atoms with Gasteiger partial charge in [-0.3, -0.25) is 19.4 Å². The van der Waals surface area contributed by atoms with Crippen molar-refractivity contribution in [3.63, 3.8) is 0 Å². The van der Waals surface area contributed by atoms with Crippen LogP contribution >= 0.6 is 23.5 Å². The maximum Gasteiger partial charge on any atom is 0.219 e. The van der Waals surface area contributed by atoms with E-state index >= 15 is 0 Å². The van der Waals surface area contributed by atoms with Crippen LogP contribution in [-0.4, -0.2) is 116 Å². The number of benzene rings is 1. The largest absolute Gasteiger partial charge is 0.392 e. The van der Waals surface area contributed by atoms with E-state index in [1.807, 2.05) is 0 Å². The van der Waals surface area contributed by atoms with Crippen molar-refractivity contribution in [3.8, 4) is 0 Å². The number of thioether (sulfide) groups is 2. The lowest BCUT2D eigenvalue weighted by Gasteiger charge is -2.27. The van der Waals surface area contributed by atoms with E-state index in [1.54, 1.807) is 24.3 Å². The first kappa shape index (κ1) is 75.0. The molecule has 78 heavy (non-hydrogen) atoms. The van der Waals surface area contributed by atoms with E-state index in [-0.39, 0.29) is 10.2 Å². The van der Waals surface area contributed by atoms with Crippen molar-refractivity contribution in [2.24, 2.45) is 0 Å². The highest BCUT2D eigenvalue weighted by atomic mass is 32.2. The van der Waals surface area contributed by atoms with Gasteiger partial charge < -0.3 is 20.4 Å². The molecule has 0 aliphatic carbocycles. The Labute approximate surface area is 491 Å². The molecule has 1 aromatic carbocycles. The number of unbranched alkanes of at least 4 members (excludes halogenated alkanes) is 36. The maximum atomic E-state index is 13.4. The molecule has 0 radical (unpaired) electrons. The predicted octanol–water partition coefficient (Wildman–Crippen LogP) is 18.7. The molecular formula is C68H128N2O6S2. The van der Waals surface area contributed by atoms with Gasteiger partial charge in [-0.05, 0) is 49.9 Å². The van der Waals surface area contributed by atoms with Crippen molar-refractivity contribution in [2.75, 3.05) is 50.8 Å². The smallest absolute Gasteiger partial charge is 0.219 e. The van der Waals surface area contributed by atoms with Crippen molar-refractivity contribution in [1.29, 1.82) is 0 Å². The van der Waals surface area contributed by atoms with Crippen molar-refractivity contribution < 1.29 is 30.0 Å². The molecule has 0 saturated carbocycles. The standard InChI is InChI=1S/C68H128N2O6S2/c1-5-9-13-17-21-25-29-33-37-41-45-63(71)57-69(58-64(72)46-42-38-34-30-26-22-18-14-10-6-2)53-55-77-67(75)61-49-51-62(52-50-61)68(76)78-56-54-70(59-65(73)47-43-39-35-31-27-23-19-15-11-7-3)60-66(74)48-44-40-36-32-28-24-20-16-12-8-4/h49-52,63-66,71-74H,5-48,53-60H2,1-4H3. The summed E-state index contributed by atoms with van der Waals surface area (Å²) in [6.45, 7) is 12.3. The molecule has 0 fully saturated rings. The summed E-state index contributed by atoms with van der Waals surface area (Å²) in [5, 5.41) is 44.5. The fourth-order valence-electron chi connectivity index (χ4n) is 11.0. The van der Waals surface area contributed by atoms with Crippen LogP contribution in [0.25, 0.3) is 0 Å². The summed E-state index contributed by atoms with van der Waals surface area (Å²) >= 11 is 2.53. The highest BCUT2D eigenvalue weighted by molar-refractivity contribution is 8.14. The Balaban J connectivity index is 2.71. The first-order chi connectivity index (χ1) is 38.1. The second kappa shape index (κ2) is 56.5. The van der Waals surface area contributed by atoms with E-state index in [9.17, 15) is 30.0 Å². The number of hydrogen-bond donors (Lipinski definition) is 4. The normalized spacial score (nSPS) is 13.5. The summed E-state index contributed by atoms with van der Waals surface area (Å²) < 4.78 is 0. The third-order valence-corrected chi connectivity index (χ3v) is 17.8. The van der Waals surface area contributed by atoms with Gasteiger partial charge in [0.2, 0.25) is 10.2 Å². The summed E-state index contributed by atoms with van der Waals surface area (Å²) in [5.74, 6) is 1.12. The van der Waals surface area contributed by atoms with Gasteiger partial charge in [0.15, 0.2) is 0 Å². The fourth-order valence-corrected chi connectivity index (χ4v) is 12.7. The number of aliphatic hydroxyl groups is 4. The van der Waals surface area contributed by atoms with Crippen LogP contribution in [0.5, 0.6) is 0 Å². The molecule has 0 bridgehead atoms. The Morgan fingerprint density at radius 3 is 0.692 bits per heavy atom. The summed E-state index contributed by atoms with van der Waals surface area (Å²) in [6, 6.07) is 7.03. The fraction of sp³-hybridized carbons (Fsp3) is 0.882. The van der Waals surface area contributed by atoms with Gasteiger partial charge in [-0.2, -0.15) is 0 Å². The molecule has 10 heteroatoms. The van der Waals surface area contributed by atoms with Gasteiger partial charge in [0, 0.05) is 61.9 Å². The van der Waals surface area contributed by atoms with E-state index in [0.29, 0.717) is 61.9 Å². The minimum absolute atomic E-state index is 0.0400. The lowest BCUT2D eigenvalue weighted by molar-refractivity contribution is 0.0634. The maximum absolute atomic E-state index is 13.4. The van der Waals surface area contributed by atoms with Crippen molar-refractivity contribution in [2.45, 2.75) is 335 Å². The van der Waals surface area contributed by atoms with Crippen LogP contribution in [-0.2, 0) is 0 Å². The third-order valence-electron chi connectivity index (χ3n) is 16.1. The highest BCUT2D eigenvalue weighted by Gasteiger charge is 2.20. The Kier molecular flexibility index (Phi) is 54.4. The number of aliphatic hydroxyl groups excluding tert-OH is 4. The van der Waals surface area contributed by atoms with Gasteiger partial charge in [-0.1, -0.05) is 308 Å². The van der Waals surface area contributed by atoms with Crippen molar-refractivity contribution >= 4 is 33.8 Å².